The van der Waals surface area contributed by atoms with Gasteiger partial charge >= 0.3 is 0 Å². The third-order valence-corrected chi connectivity index (χ3v) is 8.10. The standard InChI is InChI=1S/C21H34N4O2S.HI/c1-3-21(12-7-13-21)17-24-20(22-4-2)23-16-18-8-10-19(11-9-18)28(26,27)25-14-5-6-15-25;/h8-11H,3-7,12-17H2,1-2H3,(H2,22,23,24);1H. The zero-order valence-electron chi connectivity index (χ0n) is 17.6. The highest BCUT2D eigenvalue weighted by Crippen LogP contribution is 2.43. The highest BCUT2D eigenvalue weighted by atomic mass is 127. The number of nitrogens with one attached hydrogen (secondary N) is 2. The van der Waals surface area contributed by atoms with Gasteiger partial charge in [-0.1, -0.05) is 25.5 Å². The van der Waals surface area contributed by atoms with E-state index in [1.165, 1.54) is 25.7 Å². The van der Waals surface area contributed by atoms with Crippen molar-refractivity contribution in [3.63, 3.8) is 0 Å². The topological polar surface area (TPSA) is 73.8 Å². The van der Waals surface area contributed by atoms with Gasteiger partial charge in [0.15, 0.2) is 5.96 Å². The van der Waals surface area contributed by atoms with Crippen LogP contribution in [0.25, 0.3) is 0 Å². The Labute approximate surface area is 193 Å². The summed E-state index contributed by atoms with van der Waals surface area (Å²) in [4.78, 5) is 5.06. The number of benzene rings is 1. The number of rotatable bonds is 8. The maximum absolute atomic E-state index is 12.6. The van der Waals surface area contributed by atoms with Gasteiger partial charge in [-0.15, -0.1) is 24.0 Å². The van der Waals surface area contributed by atoms with Crippen LogP contribution < -0.4 is 10.6 Å². The minimum Gasteiger partial charge on any atom is -0.357 e. The molecule has 6 nitrogen and oxygen atoms in total. The van der Waals surface area contributed by atoms with Gasteiger partial charge in [0.2, 0.25) is 10.0 Å². The van der Waals surface area contributed by atoms with Crippen molar-refractivity contribution in [1.29, 1.82) is 0 Å². The second kappa shape index (κ2) is 10.9. The zero-order valence-corrected chi connectivity index (χ0v) is 20.8. The van der Waals surface area contributed by atoms with Crippen molar-refractivity contribution in [3.05, 3.63) is 29.8 Å². The van der Waals surface area contributed by atoms with E-state index in [9.17, 15) is 8.42 Å². The van der Waals surface area contributed by atoms with E-state index in [1.807, 2.05) is 12.1 Å². The van der Waals surface area contributed by atoms with Gasteiger partial charge in [0.05, 0.1) is 11.4 Å². The third-order valence-electron chi connectivity index (χ3n) is 6.19. The summed E-state index contributed by atoms with van der Waals surface area (Å²) in [6.45, 7) is 7.90. The van der Waals surface area contributed by atoms with Gasteiger partial charge in [-0.2, -0.15) is 4.31 Å². The van der Waals surface area contributed by atoms with Crippen molar-refractivity contribution in [2.24, 2.45) is 10.4 Å². The van der Waals surface area contributed by atoms with Crippen LogP contribution in [-0.2, 0) is 16.6 Å². The number of aliphatic imine (C=N–C) groups is 1. The first-order valence-corrected chi connectivity index (χ1v) is 12.0. The van der Waals surface area contributed by atoms with Crippen LogP contribution in [0.3, 0.4) is 0 Å². The van der Waals surface area contributed by atoms with E-state index in [2.05, 4.69) is 29.5 Å². The maximum Gasteiger partial charge on any atom is 0.243 e. The molecule has 1 saturated carbocycles. The molecule has 164 valence electrons. The fourth-order valence-corrected chi connectivity index (χ4v) is 5.48. The summed E-state index contributed by atoms with van der Waals surface area (Å²) in [6, 6.07) is 7.16. The molecule has 1 saturated heterocycles. The normalized spacial score (nSPS) is 19.3. The van der Waals surface area contributed by atoms with Gasteiger partial charge in [0.1, 0.15) is 0 Å². The van der Waals surface area contributed by atoms with Crippen molar-refractivity contribution in [2.75, 3.05) is 26.2 Å². The van der Waals surface area contributed by atoms with Crippen LogP contribution in [0.5, 0.6) is 0 Å². The Balaban J connectivity index is 0.00000300. The quantitative estimate of drug-likeness (QED) is 0.303. The summed E-state index contributed by atoms with van der Waals surface area (Å²) in [5.41, 5.74) is 1.44. The number of hydrogen-bond acceptors (Lipinski definition) is 3. The van der Waals surface area contributed by atoms with Crippen molar-refractivity contribution >= 4 is 40.0 Å². The van der Waals surface area contributed by atoms with Crippen LogP contribution >= 0.6 is 24.0 Å². The molecule has 0 spiro atoms. The van der Waals surface area contributed by atoms with E-state index in [1.54, 1.807) is 16.4 Å². The fourth-order valence-electron chi connectivity index (χ4n) is 3.96. The molecule has 0 aromatic heterocycles. The molecule has 3 rings (SSSR count). The molecule has 1 aliphatic carbocycles. The SMILES string of the molecule is CCNC(=NCc1ccc(S(=O)(=O)N2CCCC2)cc1)NCC1(CC)CCC1.I. The van der Waals surface area contributed by atoms with Gasteiger partial charge in [0.25, 0.3) is 0 Å². The van der Waals surface area contributed by atoms with E-state index in [0.29, 0.717) is 29.9 Å². The number of hydrogen-bond donors (Lipinski definition) is 2. The van der Waals surface area contributed by atoms with Gasteiger partial charge in [-0.3, -0.25) is 0 Å². The summed E-state index contributed by atoms with van der Waals surface area (Å²) in [5, 5.41) is 6.80. The molecule has 2 fully saturated rings. The molecule has 0 bridgehead atoms. The van der Waals surface area contributed by atoms with Crippen LogP contribution in [0.2, 0.25) is 0 Å². The van der Waals surface area contributed by atoms with E-state index in [0.717, 1.165) is 37.5 Å². The lowest BCUT2D eigenvalue weighted by atomic mass is 9.67. The van der Waals surface area contributed by atoms with Gasteiger partial charge in [-0.05, 0) is 62.1 Å². The highest BCUT2D eigenvalue weighted by molar-refractivity contribution is 14.0. The fraction of sp³-hybridized carbons (Fsp3) is 0.667. The Hall–Kier alpha value is -0.870. The Morgan fingerprint density at radius 2 is 1.72 bits per heavy atom. The molecule has 0 amide bonds. The number of halogens is 1. The second-order valence-electron chi connectivity index (χ2n) is 8.01. The lowest BCUT2D eigenvalue weighted by Gasteiger charge is -2.41. The van der Waals surface area contributed by atoms with E-state index in [-0.39, 0.29) is 24.0 Å². The monoisotopic (exact) mass is 534 g/mol. The predicted octanol–water partition coefficient (Wildman–Crippen LogP) is 3.72. The molecule has 2 N–H and O–H groups in total. The molecule has 1 aliphatic heterocycles. The van der Waals surface area contributed by atoms with Crippen molar-refractivity contribution < 1.29 is 8.42 Å². The molecule has 1 aromatic rings. The molecular weight excluding hydrogens is 499 g/mol. The molecule has 1 heterocycles. The summed E-state index contributed by atoms with van der Waals surface area (Å²) in [7, 11) is -3.35. The van der Waals surface area contributed by atoms with E-state index < -0.39 is 10.0 Å². The van der Waals surface area contributed by atoms with Crippen LogP contribution in [-0.4, -0.2) is 44.9 Å². The van der Waals surface area contributed by atoms with Crippen molar-refractivity contribution in [1.82, 2.24) is 14.9 Å². The number of guanidine groups is 1. The smallest absolute Gasteiger partial charge is 0.243 e. The Kier molecular flexibility index (Phi) is 9.21. The molecule has 29 heavy (non-hydrogen) atoms. The third kappa shape index (κ3) is 6.07. The van der Waals surface area contributed by atoms with Crippen molar-refractivity contribution in [2.45, 2.75) is 63.8 Å². The van der Waals surface area contributed by atoms with Crippen LogP contribution in [0.1, 0.15) is 57.9 Å². The molecule has 2 aliphatic rings. The first-order valence-electron chi connectivity index (χ1n) is 10.6. The molecule has 0 radical (unpaired) electrons. The first-order chi connectivity index (χ1) is 13.5. The van der Waals surface area contributed by atoms with Gasteiger partial charge in [-0.25, -0.2) is 13.4 Å². The highest BCUT2D eigenvalue weighted by Gasteiger charge is 2.34. The largest absolute Gasteiger partial charge is 0.357 e. The Bertz CT molecular complexity index is 765. The van der Waals surface area contributed by atoms with Crippen LogP contribution in [0.15, 0.2) is 34.2 Å². The summed E-state index contributed by atoms with van der Waals surface area (Å²) < 4.78 is 26.8. The molecular formula is C21H35IN4O2S. The lowest BCUT2D eigenvalue weighted by Crippen LogP contribution is -2.46. The molecule has 1 aromatic carbocycles. The molecule has 8 heteroatoms. The van der Waals surface area contributed by atoms with Crippen LogP contribution in [0.4, 0.5) is 0 Å². The Morgan fingerprint density at radius 1 is 1.07 bits per heavy atom. The lowest BCUT2D eigenvalue weighted by molar-refractivity contribution is 0.131. The zero-order chi connectivity index (χ0) is 20.0. The first kappa shape index (κ1) is 24.4. The number of sulfonamides is 1. The summed E-state index contributed by atoms with van der Waals surface area (Å²) >= 11 is 0. The minimum absolute atomic E-state index is 0. The van der Waals surface area contributed by atoms with Gasteiger partial charge in [0, 0.05) is 26.2 Å². The second-order valence-corrected chi connectivity index (χ2v) is 9.95. The average molecular weight is 535 g/mol. The molecule has 0 atom stereocenters. The molecule has 0 unspecified atom stereocenters. The van der Waals surface area contributed by atoms with E-state index in [4.69, 9.17) is 0 Å². The van der Waals surface area contributed by atoms with Crippen LogP contribution in [0, 0.1) is 5.41 Å². The summed E-state index contributed by atoms with van der Waals surface area (Å²) in [6.07, 6.45) is 7.02. The van der Waals surface area contributed by atoms with Crippen molar-refractivity contribution in [3.8, 4) is 0 Å². The maximum atomic E-state index is 12.6. The van der Waals surface area contributed by atoms with Gasteiger partial charge < -0.3 is 10.6 Å². The summed E-state index contributed by atoms with van der Waals surface area (Å²) in [5.74, 6) is 0.830. The average Bonchev–Trinajstić information content (AvgIpc) is 3.21. The number of nitrogens with zero attached hydrogens (tertiary/aromatic N) is 2. The predicted molar refractivity (Wildman–Crippen MR) is 129 cm³/mol. The van der Waals surface area contributed by atoms with E-state index >= 15 is 0 Å². The Morgan fingerprint density at radius 3 is 2.24 bits per heavy atom. The minimum atomic E-state index is -3.35.